The molecule has 0 spiro atoms. The zero-order valence-corrected chi connectivity index (χ0v) is 15.5. The fourth-order valence-corrected chi connectivity index (χ4v) is 2.64. The number of aliphatic imine (C=N–C) groups is 1. The molecule has 0 aromatic heterocycles. The van der Waals surface area contributed by atoms with Crippen molar-refractivity contribution >= 4 is 6.21 Å². The Balaban J connectivity index is 1.63. The van der Waals surface area contributed by atoms with E-state index in [1.54, 1.807) is 0 Å². The number of hydrogen-bond acceptors (Lipinski definition) is 1. The molecule has 0 atom stereocenters. The highest BCUT2D eigenvalue weighted by Crippen LogP contribution is 2.19. The van der Waals surface area contributed by atoms with E-state index < -0.39 is 0 Å². The minimum atomic E-state index is 0.923. The molecule has 25 heavy (non-hydrogen) atoms. The Morgan fingerprint density at radius 3 is 2.24 bits per heavy atom. The summed E-state index contributed by atoms with van der Waals surface area (Å²) in [6, 6.07) is 19.5. The van der Waals surface area contributed by atoms with Crippen molar-refractivity contribution in [2.75, 3.05) is 6.54 Å². The molecule has 0 aliphatic rings. The van der Waals surface area contributed by atoms with Crippen LogP contribution in [-0.4, -0.2) is 12.8 Å². The van der Waals surface area contributed by atoms with Gasteiger partial charge in [0.25, 0.3) is 0 Å². The summed E-state index contributed by atoms with van der Waals surface area (Å²) < 4.78 is 0. The zero-order chi connectivity index (χ0) is 17.7. The number of allylic oxidation sites excluding steroid dienone is 4. The van der Waals surface area contributed by atoms with Crippen LogP contribution in [0.3, 0.4) is 0 Å². The molecule has 0 aliphatic heterocycles. The first-order chi connectivity index (χ1) is 12.3. The van der Waals surface area contributed by atoms with Crippen molar-refractivity contribution in [2.24, 2.45) is 4.99 Å². The molecular formula is C24H29N. The predicted octanol–water partition coefficient (Wildman–Crippen LogP) is 6.66. The minimum Gasteiger partial charge on any atom is -0.293 e. The Morgan fingerprint density at radius 1 is 0.800 bits per heavy atom. The highest BCUT2D eigenvalue weighted by atomic mass is 14.7. The van der Waals surface area contributed by atoms with Crippen molar-refractivity contribution in [2.45, 2.75) is 39.5 Å². The lowest BCUT2D eigenvalue weighted by Gasteiger charge is -2.04. The van der Waals surface area contributed by atoms with Crippen molar-refractivity contribution in [1.29, 1.82) is 0 Å². The topological polar surface area (TPSA) is 12.4 Å². The van der Waals surface area contributed by atoms with Crippen LogP contribution < -0.4 is 0 Å². The van der Waals surface area contributed by atoms with E-state index in [0.717, 1.165) is 19.4 Å². The van der Waals surface area contributed by atoms with E-state index in [0.29, 0.717) is 0 Å². The second-order valence-electron chi connectivity index (χ2n) is 6.56. The molecule has 0 fully saturated rings. The van der Waals surface area contributed by atoms with Crippen LogP contribution in [0.25, 0.3) is 11.1 Å². The van der Waals surface area contributed by atoms with E-state index in [4.69, 9.17) is 0 Å². The fourth-order valence-electron chi connectivity index (χ4n) is 2.64. The molecule has 2 rings (SSSR count). The summed E-state index contributed by atoms with van der Waals surface area (Å²) in [5, 5.41) is 0. The lowest BCUT2D eigenvalue weighted by molar-refractivity contribution is 0.688. The molecule has 0 amide bonds. The third-order valence-corrected chi connectivity index (χ3v) is 4.05. The molecule has 1 nitrogen and oxygen atoms in total. The van der Waals surface area contributed by atoms with Crippen molar-refractivity contribution in [3.63, 3.8) is 0 Å². The standard InChI is InChI=1S/C24H29N/c1-21(2)11-8-10-20-25-19-9-4-5-12-22-15-17-24(18-16-22)23-13-6-3-7-14-23/h3,6-8,10-11,13-18,20H,4-5,9,12,19H2,1-2H3/b10-8-,25-20+. The SMILES string of the molecule is CC(C)=C/C=C\C=N\CCCCCc1ccc(-c2ccccc2)cc1. The molecule has 2 aromatic carbocycles. The molecule has 1 heteroatoms. The smallest absolute Gasteiger partial charge is 0.0389 e. The maximum atomic E-state index is 4.42. The quantitative estimate of drug-likeness (QED) is 0.277. The summed E-state index contributed by atoms with van der Waals surface area (Å²) in [4.78, 5) is 4.42. The Kier molecular flexibility index (Phi) is 8.48. The minimum absolute atomic E-state index is 0.923. The number of unbranched alkanes of at least 4 members (excludes halogenated alkanes) is 2. The first-order valence-electron chi connectivity index (χ1n) is 9.20. The number of hydrogen-bond donors (Lipinski definition) is 0. The molecular weight excluding hydrogens is 302 g/mol. The first kappa shape index (κ1) is 18.9. The molecule has 0 N–H and O–H groups in total. The first-order valence-corrected chi connectivity index (χ1v) is 9.20. The number of rotatable bonds is 9. The largest absolute Gasteiger partial charge is 0.293 e. The molecule has 0 aliphatic carbocycles. The van der Waals surface area contributed by atoms with Gasteiger partial charge in [-0.25, -0.2) is 0 Å². The van der Waals surface area contributed by atoms with Gasteiger partial charge in [0.1, 0.15) is 0 Å². The average Bonchev–Trinajstić information content (AvgIpc) is 2.64. The van der Waals surface area contributed by atoms with Gasteiger partial charge in [-0.15, -0.1) is 0 Å². The fraction of sp³-hybridized carbons (Fsp3) is 0.292. The molecule has 0 unspecified atom stereocenters. The lowest BCUT2D eigenvalue weighted by atomic mass is 10.0. The second-order valence-corrected chi connectivity index (χ2v) is 6.56. The number of benzene rings is 2. The van der Waals surface area contributed by atoms with E-state index in [1.807, 2.05) is 18.4 Å². The van der Waals surface area contributed by atoms with Gasteiger partial charge in [-0.05, 0) is 55.9 Å². The van der Waals surface area contributed by atoms with E-state index in [9.17, 15) is 0 Å². The normalized spacial score (nSPS) is 11.3. The van der Waals surface area contributed by atoms with Crippen molar-refractivity contribution in [1.82, 2.24) is 0 Å². The van der Waals surface area contributed by atoms with Gasteiger partial charge in [-0.2, -0.15) is 0 Å². The number of aryl methyl sites for hydroxylation is 1. The van der Waals surface area contributed by atoms with Crippen LogP contribution in [0, 0.1) is 0 Å². The van der Waals surface area contributed by atoms with Gasteiger partial charge in [0, 0.05) is 12.8 Å². The summed E-state index contributed by atoms with van der Waals surface area (Å²) in [6.07, 6.45) is 12.8. The Bertz CT molecular complexity index is 687. The Morgan fingerprint density at radius 2 is 1.52 bits per heavy atom. The maximum absolute atomic E-state index is 4.42. The molecule has 2 aromatic rings. The van der Waals surface area contributed by atoms with Gasteiger partial charge in [0.05, 0.1) is 0 Å². The molecule has 0 saturated carbocycles. The summed E-state index contributed by atoms with van der Waals surface area (Å²) >= 11 is 0. The van der Waals surface area contributed by atoms with Gasteiger partial charge >= 0.3 is 0 Å². The van der Waals surface area contributed by atoms with E-state index in [-0.39, 0.29) is 0 Å². The summed E-state index contributed by atoms with van der Waals surface area (Å²) in [5.41, 5.74) is 5.31. The van der Waals surface area contributed by atoms with Gasteiger partial charge in [0.2, 0.25) is 0 Å². The van der Waals surface area contributed by atoms with Crippen LogP contribution in [0.15, 0.2) is 83.4 Å². The van der Waals surface area contributed by atoms with Crippen molar-refractivity contribution in [3.8, 4) is 11.1 Å². The van der Waals surface area contributed by atoms with E-state index in [1.165, 1.54) is 35.1 Å². The Hall–Kier alpha value is -2.41. The summed E-state index contributed by atoms with van der Waals surface area (Å²) in [5.74, 6) is 0. The third kappa shape index (κ3) is 7.80. The van der Waals surface area contributed by atoms with Crippen LogP contribution in [0.5, 0.6) is 0 Å². The maximum Gasteiger partial charge on any atom is 0.0389 e. The zero-order valence-electron chi connectivity index (χ0n) is 15.5. The Labute approximate surface area is 152 Å². The monoisotopic (exact) mass is 331 g/mol. The molecule has 0 saturated heterocycles. The van der Waals surface area contributed by atoms with Gasteiger partial charge in [0.15, 0.2) is 0 Å². The summed E-state index contributed by atoms with van der Waals surface area (Å²) in [6.45, 7) is 5.11. The van der Waals surface area contributed by atoms with Gasteiger partial charge < -0.3 is 0 Å². The van der Waals surface area contributed by atoms with Crippen LogP contribution in [-0.2, 0) is 6.42 Å². The second kappa shape index (κ2) is 11.2. The molecule has 0 radical (unpaired) electrons. The van der Waals surface area contributed by atoms with Gasteiger partial charge in [-0.1, -0.05) is 78.7 Å². The molecule has 0 heterocycles. The highest BCUT2D eigenvalue weighted by molar-refractivity contribution is 5.71. The van der Waals surface area contributed by atoms with Crippen molar-refractivity contribution < 1.29 is 0 Å². The average molecular weight is 332 g/mol. The van der Waals surface area contributed by atoms with Crippen LogP contribution >= 0.6 is 0 Å². The molecule has 130 valence electrons. The highest BCUT2D eigenvalue weighted by Gasteiger charge is 1.98. The molecule has 0 bridgehead atoms. The number of nitrogens with zero attached hydrogens (tertiary/aromatic N) is 1. The van der Waals surface area contributed by atoms with E-state index in [2.05, 4.69) is 79.5 Å². The van der Waals surface area contributed by atoms with Crippen LogP contribution in [0.1, 0.15) is 38.7 Å². The summed E-state index contributed by atoms with van der Waals surface area (Å²) in [7, 11) is 0. The van der Waals surface area contributed by atoms with Gasteiger partial charge in [-0.3, -0.25) is 4.99 Å². The predicted molar refractivity (Wildman–Crippen MR) is 111 cm³/mol. The lowest BCUT2D eigenvalue weighted by Crippen LogP contribution is -1.88. The van der Waals surface area contributed by atoms with Crippen LogP contribution in [0.4, 0.5) is 0 Å². The third-order valence-electron chi connectivity index (χ3n) is 4.05. The van der Waals surface area contributed by atoms with Crippen molar-refractivity contribution in [3.05, 3.63) is 84.0 Å². The van der Waals surface area contributed by atoms with E-state index >= 15 is 0 Å². The van der Waals surface area contributed by atoms with Crippen LogP contribution in [0.2, 0.25) is 0 Å².